The van der Waals surface area contributed by atoms with Crippen molar-refractivity contribution in [3.63, 3.8) is 0 Å². The Morgan fingerprint density at radius 2 is 2.00 bits per heavy atom. The van der Waals surface area contributed by atoms with E-state index < -0.39 is 6.10 Å². The third-order valence-electron chi connectivity index (χ3n) is 6.19. The molecule has 1 fully saturated rings. The fourth-order valence-corrected chi connectivity index (χ4v) is 4.80. The standard InChI is InChI=1S/C25H25N5O4S/c1-14-13-35-25(27-14)28-22(32)10-17-4-6-18(7-5-17)34-21-8-9-26-30-11-19(15(2)23(21)30)24(33)29-12-20(31)16(29)3/h4-9,11,13,16,20,31H,10,12H2,1-3H3,(H,27,28,32)/t16-,20-/m1/s1. The summed E-state index contributed by atoms with van der Waals surface area (Å²) < 4.78 is 7.76. The maximum Gasteiger partial charge on any atom is 0.256 e. The van der Waals surface area contributed by atoms with Crippen LogP contribution in [0.1, 0.15) is 34.1 Å². The summed E-state index contributed by atoms with van der Waals surface area (Å²) in [4.78, 5) is 31.2. The van der Waals surface area contributed by atoms with Crippen molar-refractivity contribution in [2.45, 2.75) is 39.3 Å². The number of anilines is 1. The molecule has 1 aromatic carbocycles. The number of carbonyl (C=O) groups is 2. The molecule has 3 aromatic heterocycles. The molecule has 0 aliphatic carbocycles. The topological polar surface area (TPSA) is 109 Å². The van der Waals surface area contributed by atoms with E-state index >= 15 is 0 Å². The fraction of sp³-hybridized carbons (Fsp3) is 0.280. The van der Waals surface area contributed by atoms with Gasteiger partial charge in [-0.1, -0.05) is 12.1 Å². The Hall–Kier alpha value is -3.76. The van der Waals surface area contributed by atoms with Gasteiger partial charge in [-0.2, -0.15) is 5.10 Å². The Bertz CT molecular complexity index is 1410. The molecule has 0 unspecified atom stereocenters. The van der Waals surface area contributed by atoms with Gasteiger partial charge in [-0.25, -0.2) is 9.50 Å². The number of β-amino-alcohol motifs (C(OH)–C–C–N with tert-alkyl or cyclic N) is 1. The number of thiazole rings is 1. The SMILES string of the molecule is Cc1csc(NC(=O)Cc2ccc(Oc3ccnn4cc(C(=O)N5C[C@@H](O)[C@H]5C)c(C)c34)cc2)n1. The van der Waals surface area contributed by atoms with Crippen LogP contribution in [0, 0.1) is 13.8 Å². The van der Waals surface area contributed by atoms with Gasteiger partial charge in [0.1, 0.15) is 11.3 Å². The van der Waals surface area contributed by atoms with Gasteiger partial charge in [0.2, 0.25) is 5.91 Å². The largest absolute Gasteiger partial charge is 0.455 e. The number of carbonyl (C=O) groups excluding carboxylic acids is 2. The van der Waals surface area contributed by atoms with E-state index in [1.807, 2.05) is 38.3 Å². The third-order valence-corrected chi connectivity index (χ3v) is 7.07. The Morgan fingerprint density at radius 1 is 1.23 bits per heavy atom. The highest BCUT2D eigenvalue weighted by Crippen LogP contribution is 2.32. The maximum atomic E-state index is 13.0. The van der Waals surface area contributed by atoms with Crippen LogP contribution in [0.15, 0.2) is 48.1 Å². The summed E-state index contributed by atoms with van der Waals surface area (Å²) in [5.41, 5.74) is 3.72. The zero-order valence-electron chi connectivity index (χ0n) is 19.6. The second-order valence-corrected chi connectivity index (χ2v) is 9.54. The van der Waals surface area contributed by atoms with Gasteiger partial charge in [-0.3, -0.25) is 9.59 Å². The molecule has 180 valence electrons. The molecule has 1 aliphatic rings. The molecule has 2 N–H and O–H groups in total. The molecule has 9 nitrogen and oxygen atoms in total. The van der Waals surface area contributed by atoms with Crippen LogP contribution in [-0.2, 0) is 11.2 Å². The van der Waals surface area contributed by atoms with Gasteiger partial charge in [-0.15, -0.1) is 11.3 Å². The fourth-order valence-electron chi connectivity index (χ4n) is 4.10. The summed E-state index contributed by atoms with van der Waals surface area (Å²) in [6, 6.07) is 8.85. The molecule has 1 saturated heterocycles. The van der Waals surface area contributed by atoms with Crippen LogP contribution in [0.4, 0.5) is 5.13 Å². The van der Waals surface area contributed by atoms with Crippen molar-refractivity contribution < 1.29 is 19.4 Å². The van der Waals surface area contributed by atoms with Gasteiger partial charge in [0.25, 0.3) is 5.91 Å². The van der Waals surface area contributed by atoms with Crippen molar-refractivity contribution in [3.8, 4) is 11.5 Å². The minimum absolute atomic E-state index is 0.131. The zero-order valence-corrected chi connectivity index (χ0v) is 20.4. The van der Waals surface area contributed by atoms with Gasteiger partial charge in [-0.05, 0) is 44.0 Å². The molecular weight excluding hydrogens is 466 g/mol. The predicted octanol–water partition coefficient (Wildman–Crippen LogP) is 3.59. The van der Waals surface area contributed by atoms with Crippen molar-refractivity contribution in [2.24, 2.45) is 0 Å². The van der Waals surface area contributed by atoms with Crippen molar-refractivity contribution in [1.29, 1.82) is 0 Å². The number of nitrogens with one attached hydrogen (secondary N) is 1. The van der Waals surface area contributed by atoms with E-state index in [1.165, 1.54) is 11.3 Å². The summed E-state index contributed by atoms with van der Waals surface area (Å²) in [6.07, 6.45) is 3.05. The number of ether oxygens (including phenoxy) is 1. The number of hydrogen-bond acceptors (Lipinski definition) is 7. The van der Waals surface area contributed by atoms with Crippen LogP contribution < -0.4 is 10.1 Å². The molecule has 2 atom stereocenters. The third kappa shape index (κ3) is 4.50. The summed E-state index contributed by atoms with van der Waals surface area (Å²) in [5.74, 6) is 0.907. The summed E-state index contributed by atoms with van der Waals surface area (Å²) >= 11 is 1.40. The van der Waals surface area contributed by atoms with E-state index in [-0.39, 0.29) is 24.3 Å². The highest BCUT2D eigenvalue weighted by Gasteiger charge is 2.38. The normalized spacial score (nSPS) is 17.3. The lowest BCUT2D eigenvalue weighted by molar-refractivity contribution is -0.115. The highest BCUT2D eigenvalue weighted by molar-refractivity contribution is 7.13. The summed E-state index contributed by atoms with van der Waals surface area (Å²) in [6.45, 7) is 5.91. The predicted molar refractivity (Wildman–Crippen MR) is 132 cm³/mol. The minimum atomic E-state index is -0.487. The Morgan fingerprint density at radius 3 is 2.66 bits per heavy atom. The number of nitrogens with zero attached hydrogens (tertiary/aromatic N) is 4. The minimum Gasteiger partial charge on any atom is -0.455 e. The lowest BCUT2D eigenvalue weighted by Gasteiger charge is -2.43. The molecule has 10 heteroatoms. The second kappa shape index (κ2) is 9.12. The molecule has 0 spiro atoms. The quantitative estimate of drug-likeness (QED) is 0.427. The van der Waals surface area contributed by atoms with E-state index in [0.717, 1.165) is 16.8 Å². The number of amides is 2. The molecule has 0 bridgehead atoms. The second-order valence-electron chi connectivity index (χ2n) is 8.69. The molecule has 4 aromatic rings. The van der Waals surface area contributed by atoms with Crippen LogP contribution in [0.25, 0.3) is 5.52 Å². The molecule has 2 amide bonds. The summed E-state index contributed by atoms with van der Waals surface area (Å²) in [7, 11) is 0. The maximum absolute atomic E-state index is 13.0. The average molecular weight is 492 g/mol. The molecular formula is C25H25N5O4S. The Balaban J connectivity index is 1.31. The van der Waals surface area contributed by atoms with E-state index in [9.17, 15) is 14.7 Å². The highest BCUT2D eigenvalue weighted by atomic mass is 32.1. The van der Waals surface area contributed by atoms with Crippen molar-refractivity contribution in [2.75, 3.05) is 11.9 Å². The van der Waals surface area contributed by atoms with Crippen LogP contribution in [0.5, 0.6) is 11.5 Å². The molecule has 4 heterocycles. The first kappa shape index (κ1) is 23.0. The van der Waals surface area contributed by atoms with Gasteiger partial charge in [0, 0.05) is 24.2 Å². The number of aliphatic hydroxyl groups is 1. The first-order valence-corrected chi connectivity index (χ1v) is 12.1. The molecule has 35 heavy (non-hydrogen) atoms. The lowest BCUT2D eigenvalue weighted by Crippen LogP contribution is -2.60. The van der Waals surface area contributed by atoms with E-state index in [0.29, 0.717) is 34.3 Å². The van der Waals surface area contributed by atoms with Crippen LogP contribution in [0.2, 0.25) is 0 Å². The number of fused-ring (bicyclic) bond motifs is 1. The number of aliphatic hydroxyl groups excluding tert-OH is 1. The first-order valence-electron chi connectivity index (χ1n) is 11.2. The van der Waals surface area contributed by atoms with Crippen LogP contribution in [-0.4, -0.2) is 55.1 Å². The van der Waals surface area contributed by atoms with Crippen molar-refractivity contribution in [3.05, 3.63) is 70.5 Å². The molecule has 5 rings (SSSR count). The van der Waals surface area contributed by atoms with E-state index in [2.05, 4.69) is 15.4 Å². The molecule has 1 aliphatic heterocycles. The van der Waals surface area contributed by atoms with Gasteiger partial charge < -0.3 is 20.1 Å². The van der Waals surface area contributed by atoms with Gasteiger partial charge in [0.15, 0.2) is 10.9 Å². The average Bonchev–Trinajstić information content (AvgIpc) is 3.40. The Labute approximate surface area is 206 Å². The number of likely N-dealkylation sites (tertiary alicyclic amines) is 1. The lowest BCUT2D eigenvalue weighted by atomic mass is 9.99. The number of aromatic nitrogens is 3. The monoisotopic (exact) mass is 491 g/mol. The molecule has 0 radical (unpaired) electrons. The van der Waals surface area contributed by atoms with Gasteiger partial charge in [0.05, 0.1) is 36.0 Å². The summed E-state index contributed by atoms with van der Waals surface area (Å²) in [5, 5.41) is 19.4. The van der Waals surface area contributed by atoms with Crippen LogP contribution in [0.3, 0.4) is 0 Å². The number of benzene rings is 1. The Kier molecular flexibility index (Phi) is 6.00. The first-order chi connectivity index (χ1) is 16.8. The number of rotatable bonds is 6. The van der Waals surface area contributed by atoms with Crippen molar-refractivity contribution >= 4 is 33.8 Å². The van der Waals surface area contributed by atoms with Crippen molar-refractivity contribution in [1.82, 2.24) is 19.5 Å². The van der Waals surface area contributed by atoms with E-state index in [1.54, 1.807) is 40.0 Å². The number of aryl methyl sites for hydroxylation is 2. The van der Waals surface area contributed by atoms with E-state index in [4.69, 9.17) is 4.74 Å². The number of hydrogen-bond donors (Lipinski definition) is 2. The zero-order chi connectivity index (χ0) is 24.7. The smallest absolute Gasteiger partial charge is 0.256 e. The van der Waals surface area contributed by atoms with Gasteiger partial charge >= 0.3 is 0 Å². The van der Waals surface area contributed by atoms with Crippen LogP contribution >= 0.6 is 11.3 Å². The molecule has 0 saturated carbocycles.